The van der Waals surface area contributed by atoms with Crippen molar-refractivity contribution >= 4 is 29.1 Å². The number of aryl methyl sites for hydroxylation is 1. The lowest BCUT2D eigenvalue weighted by molar-refractivity contribution is -0.132. The Morgan fingerprint density at radius 2 is 2.00 bits per heavy atom. The average Bonchev–Trinajstić information content (AvgIpc) is 3.16. The van der Waals surface area contributed by atoms with Gasteiger partial charge in [-0.05, 0) is 48.1 Å². The molecule has 0 fully saturated rings. The summed E-state index contributed by atoms with van der Waals surface area (Å²) in [7, 11) is 0. The molecule has 0 amide bonds. The summed E-state index contributed by atoms with van der Waals surface area (Å²) < 4.78 is 0. The lowest BCUT2D eigenvalue weighted by Gasteiger charge is -2.29. The molecule has 0 aliphatic carbocycles. The van der Waals surface area contributed by atoms with Crippen molar-refractivity contribution in [2.45, 2.75) is 25.8 Å². The van der Waals surface area contributed by atoms with Gasteiger partial charge in [0.25, 0.3) is 0 Å². The first-order valence-electron chi connectivity index (χ1n) is 8.82. The SMILES string of the molecule is O=C(O)C1=C(SCCCCc2ccccc2)N(Cc2cccs2)CC=C1. The average molecular weight is 386 g/mol. The molecule has 5 heteroatoms. The predicted molar refractivity (Wildman–Crippen MR) is 110 cm³/mol. The maximum absolute atomic E-state index is 11.6. The monoisotopic (exact) mass is 385 g/mol. The fraction of sp³-hybridized carbons (Fsp3) is 0.286. The Bertz CT molecular complexity index is 767. The molecule has 0 atom stereocenters. The zero-order chi connectivity index (χ0) is 18.2. The molecule has 1 N–H and O–H groups in total. The molecule has 2 heterocycles. The van der Waals surface area contributed by atoms with Crippen molar-refractivity contribution in [3.05, 3.63) is 81.0 Å². The van der Waals surface area contributed by atoms with Crippen LogP contribution in [0.25, 0.3) is 0 Å². The summed E-state index contributed by atoms with van der Waals surface area (Å²) >= 11 is 3.39. The van der Waals surface area contributed by atoms with Gasteiger partial charge in [0.15, 0.2) is 0 Å². The second-order valence-electron chi connectivity index (χ2n) is 6.18. The number of hydrogen-bond donors (Lipinski definition) is 1. The van der Waals surface area contributed by atoms with Crippen LogP contribution in [0.2, 0.25) is 0 Å². The summed E-state index contributed by atoms with van der Waals surface area (Å²) in [6.07, 6.45) is 6.96. The number of carbonyl (C=O) groups is 1. The van der Waals surface area contributed by atoms with Gasteiger partial charge in [0.05, 0.1) is 17.1 Å². The third-order valence-corrected chi connectivity index (χ3v) is 6.33. The third-order valence-electron chi connectivity index (χ3n) is 4.23. The molecule has 1 aliphatic heterocycles. The van der Waals surface area contributed by atoms with Crippen molar-refractivity contribution in [3.63, 3.8) is 0 Å². The Morgan fingerprint density at radius 1 is 1.15 bits per heavy atom. The minimum Gasteiger partial charge on any atom is -0.478 e. The summed E-state index contributed by atoms with van der Waals surface area (Å²) in [4.78, 5) is 15.1. The van der Waals surface area contributed by atoms with Crippen molar-refractivity contribution in [3.8, 4) is 0 Å². The molecule has 1 aromatic heterocycles. The van der Waals surface area contributed by atoms with Gasteiger partial charge in [-0.15, -0.1) is 23.1 Å². The number of rotatable bonds is 9. The number of carboxylic acid groups (broad SMARTS) is 1. The molecule has 0 unspecified atom stereocenters. The van der Waals surface area contributed by atoms with Crippen LogP contribution in [0.5, 0.6) is 0 Å². The van der Waals surface area contributed by atoms with E-state index in [1.807, 2.05) is 18.2 Å². The molecule has 1 aromatic carbocycles. The second kappa shape index (κ2) is 9.64. The van der Waals surface area contributed by atoms with Gasteiger partial charge in [0.1, 0.15) is 0 Å². The van der Waals surface area contributed by atoms with E-state index in [1.165, 1.54) is 10.4 Å². The van der Waals surface area contributed by atoms with Crippen LogP contribution in [-0.2, 0) is 17.8 Å². The van der Waals surface area contributed by atoms with Crippen LogP contribution in [0.3, 0.4) is 0 Å². The van der Waals surface area contributed by atoms with E-state index in [-0.39, 0.29) is 0 Å². The highest BCUT2D eigenvalue weighted by Gasteiger charge is 2.21. The molecule has 1 aliphatic rings. The fourth-order valence-electron chi connectivity index (χ4n) is 2.93. The number of unbranched alkanes of at least 4 members (excludes halogenated alkanes) is 1. The summed E-state index contributed by atoms with van der Waals surface area (Å²) in [6.45, 7) is 1.53. The Labute approximate surface area is 163 Å². The number of hydrogen-bond acceptors (Lipinski definition) is 4. The summed E-state index contributed by atoms with van der Waals surface area (Å²) in [5.41, 5.74) is 1.78. The molecular formula is C21H23NO2S2. The van der Waals surface area contributed by atoms with Gasteiger partial charge in [-0.1, -0.05) is 42.5 Å². The van der Waals surface area contributed by atoms with Crippen molar-refractivity contribution in [1.82, 2.24) is 4.90 Å². The highest BCUT2D eigenvalue weighted by molar-refractivity contribution is 8.03. The minimum absolute atomic E-state index is 0.417. The van der Waals surface area contributed by atoms with Gasteiger partial charge in [-0.25, -0.2) is 4.79 Å². The predicted octanol–water partition coefficient (Wildman–Crippen LogP) is 5.17. The van der Waals surface area contributed by atoms with Gasteiger partial charge < -0.3 is 10.0 Å². The van der Waals surface area contributed by atoms with Crippen LogP contribution in [0.1, 0.15) is 23.3 Å². The van der Waals surface area contributed by atoms with Gasteiger partial charge >= 0.3 is 5.97 Å². The van der Waals surface area contributed by atoms with E-state index in [2.05, 4.69) is 40.6 Å². The van der Waals surface area contributed by atoms with Gasteiger partial charge in [0.2, 0.25) is 0 Å². The van der Waals surface area contributed by atoms with E-state index in [1.54, 1.807) is 29.2 Å². The zero-order valence-corrected chi connectivity index (χ0v) is 16.3. The molecular weight excluding hydrogens is 362 g/mol. The topological polar surface area (TPSA) is 40.5 Å². The van der Waals surface area contributed by atoms with Gasteiger partial charge in [-0.3, -0.25) is 0 Å². The van der Waals surface area contributed by atoms with Crippen LogP contribution in [-0.4, -0.2) is 28.3 Å². The first kappa shape index (κ1) is 18.8. The van der Waals surface area contributed by atoms with Crippen LogP contribution >= 0.6 is 23.1 Å². The first-order valence-corrected chi connectivity index (χ1v) is 10.7. The standard InChI is InChI=1S/C21H23NO2S2/c23-21(24)19-12-6-13-22(16-18-11-7-15-25-18)20(19)26-14-5-4-10-17-8-2-1-3-9-17/h1-3,6-9,11-12,15H,4-5,10,13-14,16H2,(H,23,24). The molecule has 0 saturated carbocycles. The van der Waals surface area contributed by atoms with Crippen molar-refractivity contribution in [1.29, 1.82) is 0 Å². The largest absolute Gasteiger partial charge is 0.478 e. The minimum atomic E-state index is -0.844. The van der Waals surface area contributed by atoms with E-state index in [9.17, 15) is 9.90 Å². The van der Waals surface area contributed by atoms with E-state index in [4.69, 9.17) is 0 Å². The van der Waals surface area contributed by atoms with Crippen molar-refractivity contribution in [2.24, 2.45) is 0 Å². The number of carboxylic acids is 1. The molecule has 3 rings (SSSR count). The van der Waals surface area contributed by atoms with Crippen LogP contribution in [0.15, 0.2) is 70.6 Å². The molecule has 0 saturated heterocycles. The lowest BCUT2D eigenvalue weighted by atomic mass is 10.1. The molecule has 3 nitrogen and oxygen atoms in total. The van der Waals surface area contributed by atoms with Crippen LogP contribution < -0.4 is 0 Å². The number of benzene rings is 1. The smallest absolute Gasteiger partial charge is 0.338 e. The van der Waals surface area contributed by atoms with E-state index in [0.717, 1.165) is 43.1 Å². The zero-order valence-electron chi connectivity index (χ0n) is 14.6. The molecule has 0 bridgehead atoms. The van der Waals surface area contributed by atoms with Gasteiger partial charge in [-0.2, -0.15) is 0 Å². The molecule has 136 valence electrons. The first-order chi connectivity index (χ1) is 12.7. The van der Waals surface area contributed by atoms with Gasteiger partial charge in [0, 0.05) is 11.4 Å². The van der Waals surface area contributed by atoms with E-state index in [0.29, 0.717) is 5.57 Å². The third kappa shape index (κ3) is 5.26. The Balaban J connectivity index is 1.57. The molecule has 0 radical (unpaired) electrons. The number of aliphatic carboxylic acids is 1. The molecule has 0 spiro atoms. The fourth-order valence-corrected chi connectivity index (χ4v) is 4.82. The Morgan fingerprint density at radius 3 is 2.73 bits per heavy atom. The lowest BCUT2D eigenvalue weighted by Crippen LogP contribution is -2.26. The Kier molecular flexibility index (Phi) is 6.97. The second-order valence-corrected chi connectivity index (χ2v) is 8.29. The number of thiophene rings is 1. The maximum Gasteiger partial charge on any atom is 0.338 e. The normalized spacial score (nSPS) is 14.1. The number of nitrogens with zero attached hydrogens (tertiary/aromatic N) is 1. The number of thioether (sulfide) groups is 1. The van der Waals surface area contributed by atoms with Crippen LogP contribution in [0, 0.1) is 0 Å². The van der Waals surface area contributed by atoms with E-state index >= 15 is 0 Å². The summed E-state index contributed by atoms with van der Waals surface area (Å²) in [5, 5.41) is 12.5. The summed E-state index contributed by atoms with van der Waals surface area (Å²) in [5.74, 6) is 0.0946. The molecule has 2 aromatic rings. The van der Waals surface area contributed by atoms with E-state index < -0.39 is 5.97 Å². The Hall–Kier alpha value is -1.98. The van der Waals surface area contributed by atoms with Crippen LogP contribution in [0.4, 0.5) is 0 Å². The summed E-state index contributed by atoms with van der Waals surface area (Å²) in [6, 6.07) is 14.6. The van der Waals surface area contributed by atoms with Crippen molar-refractivity contribution in [2.75, 3.05) is 12.3 Å². The van der Waals surface area contributed by atoms with Crippen molar-refractivity contribution < 1.29 is 9.90 Å². The highest BCUT2D eigenvalue weighted by Crippen LogP contribution is 2.31. The molecule has 26 heavy (non-hydrogen) atoms. The maximum atomic E-state index is 11.6. The quantitative estimate of drug-likeness (QED) is 0.605. The highest BCUT2D eigenvalue weighted by atomic mass is 32.2.